The summed E-state index contributed by atoms with van der Waals surface area (Å²) in [7, 11) is 0. The van der Waals surface area contributed by atoms with Gasteiger partial charge in [-0.25, -0.2) is 4.98 Å². The van der Waals surface area contributed by atoms with Gasteiger partial charge in [-0.2, -0.15) is 4.98 Å². The van der Waals surface area contributed by atoms with Crippen LogP contribution in [0.3, 0.4) is 0 Å². The fourth-order valence-corrected chi connectivity index (χ4v) is 2.35. The van der Waals surface area contributed by atoms with Gasteiger partial charge in [0.2, 0.25) is 5.95 Å². The van der Waals surface area contributed by atoms with Crippen LogP contribution in [-0.2, 0) is 0 Å². The molecule has 0 radical (unpaired) electrons. The smallest absolute Gasteiger partial charge is 0.224 e. The Bertz CT molecular complexity index is 607. The van der Waals surface area contributed by atoms with Crippen molar-refractivity contribution in [1.82, 2.24) is 9.97 Å². The maximum atomic E-state index is 6.16. The van der Waals surface area contributed by atoms with Crippen LogP contribution >= 0.6 is 39.1 Å². The summed E-state index contributed by atoms with van der Waals surface area (Å²) in [6.07, 6.45) is 2.55. The summed E-state index contributed by atoms with van der Waals surface area (Å²) in [5.74, 6) is 1.05. The summed E-state index contributed by atoms with van der Waals surface area (Å²) in [5, 5.41) is 7.24. The van der Waals surface area contributed by atoms with Crippen molar-refractivity contribution in [3.63, 3.8) is 0 Å². The van der Waals surface area contributed by atoms with Crippen LogP contribution in [0.1, 0.15) is 13.3 Å². The molecule has 0 aliphatic heterocycles. The zero-order valence-electron chi connectivity index (χ0n) is 10.8. The molecule has 0 saturated carbocycles. The molecule has 1 heterocycles. The Labute approximate surface area is 136 Å². The van der Waals surface area contributed by atoms with Gasteiger partial charge in [0, 0.05) is 11.0 Å². The van der Waals surface area contributed by atoms with E-state index in [0.717, 1.165) is 23.1 Å². The lowest BCUT2D eigenvalue weighted by atomic mass is 10.3. The van der Waals surface area contributed by atoms with Gasteiger partial charge >= 0.3 is 0 Å². The number of aromatic nitrogens is 2. The predicted octanol–water partition coefficient (Wildman–Crippen LogP) is 5.11. The maximum absolute atomic E-state index is 6.16. The van der Waals surface area contributed by atoms with Crippen molar-refractivity contribution < 1.29 is 0 Å². The average Bonchev–Trinajstić information content (AvgIpc) is 2.42. The highest BCUT2D eigenvalue weighted by molar-refractivity contribution is 9.10. The molecule has 0 saturated heterocycles. The van der Waals surface area contributed by atoms with Crippen molar-refractivity contribution in [2.45, 2.75) is 13.3 Å². The minimum Gasteiger partial charge on any atom is -0.354 e. The zero-order chi connectivity index (χ0) is 14.5. The Kier molecular flexibility index (Phi) is 5.46. The van der Waals surface area contributed by atoms with E-state index < -0.39 is 0 Å². The van der Waals surface area contributed by atoms with E-state index in [2.05, 4.69) is 43.5 Å². The molecule has 0 bridgehead atoms. The first-order valence-corrected chi connectivity index (χ1v) is 7.63. The lowest BCUT2D eigenvalue weighted by Gasteiger charge is -2.11. The summed E-state index contributed by atoms with van der Waals surface area (Å²) >= 11 is 15.6. The number of benzene rings is 1. The molecule has 2 rings (SSSR count). The molecule has 2 aromatic rings. The fourth-order valence-electron chi connectivity index (χ4n) is 1.50. The number of hydrogen-bond donors (Lipinski definition) is 2. The van der Waals surface area contributed by atoms with Gasteiger partial charge < -0.3 is 10.6 Å². The minimum atomic E-state index is 0.436. The van der Waals surface area contributed by atoms with E-state index >= 15 is 0 Å². The van der Waals surface area contributed by atoms with Gasteiger partial charge in [-0.1, -0.05) is 46.1 Å². The number of rotatable bonds is 5. The first-order valence-electron chi connectivity index (χ1n) is 6.08. The van der Waals surface area contributed by atoms with E-state index in [1.807, 2.05) is 12.1 Å². The topological polar surface area (TPSA) is 49.8 Å². The first kappa shape index (κ1) is 15.4. The molecular formula is C13H13BrCl2N4. The molecule has 0 unspecified atom stereocenters. The summed E-state index contributed by atoms with van der Waals surface area (Å²) in [6, 6.07) is 5.54. The largest absolute Gasteiger partial charge is 0.354 e. The fraction of sp³-hybridized carbons (Fsp3) is 0.231. The Balaban J connectivity index is 2.23. The Morgan fingerprint density at radius 3 is 2.75 bits per heavy atom. The van der Waals surface area contributed by atoms with Gasteiger partial charge in [-0.3, -0.25) is 0 Å². The van der Waals surface area contributed by atoms with E-state index in [-0.39, 0.29) is 0 Å². The zero-order valence-corrected chi connectivity index (χ0v) is 13.8. The molecule has 20 heavy (non-hydrogen) atoms. The predicted molar refractivity (Wildman–Crippen MR) is 88.3 cm³/mol. The molecule has 0 spiro atoms. The van der Waals surface area contributed by atoms with Crippen molar-refractivity contribution in [3.05, 3.63) is 38.9 Å². The quantitative estimate of drug-likeness (QED) is 0.762. The monoisotopic (exact) mass is 374 g/mol. The van der Waals surface area contributed by atoms with E-state index in [1.54, 1.807) is 12.3 Å². The Morgan fingerprint density at radius 2 is 2.05 bits per heavy atom. The van der Waals surface area contributed by atoms with Crippen LogP contribution in [0.4, 0.5) is 17.5 Å². The third kappa shape index (κ3) is 3.98. The van der Waals surface area contributed by atoms with Crippen LogP contribution < -0.4 is 10.6 Å². The van der Waals surface area contributed by atoms with Crippen LogP contribution in [0, 0.1) is 0 Å². The van der Waals surface area contributed by atoms with Gasteiger partial charge in [0.15, 0.2) is 5.82 Å². The van der Waals surface area contributed by atoms with E-state index in [4.69, 9.17) is 23.2 Å². The van der Waals surface area contributed by atoms with Crippen molar-refractivity contribution >= 4 is 56.6 Å². The molecule has 4 nitrogen and oxygen atoms in total. The number of hydrogen-bond acceptors (Lipinski definition) is 4. The molecule has 106 valence electrons. The molecule has 0 atom stereocenters. The van der Waals surface area contributed by atoms with Crippen LogP contribution in [0.5, 0.6) is 0 Å². The van der Waals surface area contributed by atoms with Crippen molar-refractivity contribution in [2.75, 3.05) is 17.2 Å². The van der Waals surface area contributed by atoms with Crippen molar-refractivity contribution in [1.29, 1.82) is 0 Å². The van der Waals surface area contributed by atoms with Crippen LogP contribution in [0.15, 0.2) is 28.9 Å². The van der Waals surface area contributed by atoms with E-state index in [0.29, 0.717) is 21.8 Å². The van der Waals surface area contributed by atoms with Gasteiger partial charge in [0.05, 0.1) is 16.9 Å². The van der Waals surface area contributed by atoms with Crippen LogP contribution in [0.2, 0.25) is 10.0 Å². The van der Waals surface area contributed by atoms with Gasteiger partial charge in [0.1, 0.15) is 5.02 Å². The second-order valence-corrected chi connectivity index (χ2v) is 5.80. The highest BCUT2D eigenvalue weighted by Gasteiger charge is 2.08. The average molecular weight is 376 g/mol. The molecule has 1 aromatic carbocycles. The maximum Gasteiger partial charge on any atom is 0.224 e. The van der Waals surface area contributed by atoms with E-state index in [9.17, 15) is 0 Å². The van der Waals surface area contributed by atoms with Gasteiger partial charge in [-0.15, -0.1) is 0 Å². The third-order valence-corrected chi connectivity index (χ3v) is 3.54. The van der Waals surface area contributed by atoms with E-state index in [1.165, 1.54) is 0 Å². The number of nitrogens with zero attached hydrogens (tertiary/aromatic N) is 2. The molecule has 7 heteroatoms. The molecular weight excluding hydrogens is 363 g/mol. The summed E-state index contributed by atoms with van der Waals surface area (Å²) < 4.78 is 0.909. The molecule has 0 fully saturated rings. The second-order valence-electron chi connectivity index (χ2n) is 4.07. The molecule has 0 aliphatic carbocycles. The summed E-state index contributed by atoms with van der Waals surface area (Å²) in [6.45, 7) is 2.88. The summed E-state index contributed by atoms with van der Waals surface area (Å²) in [4.78, 5) is 8.45. The SMILES string of the molecule is CCCNc1ncc(Cl)c(Nc2ccc(Br)cc2Cl)n1. The third-order valence-electron chi connectivity index (χ3n) is 2.46. The standard InChI is InChI=1S/C13H13BrCl2N4/c1-2-5-17-13-18-7-10(16)12(20-13)19-11-4-3-8(14)6-9(11)15/h3-4,6-7H,2,5H2,1H3,(H2,17,18,19,20). The Hall–Kier alpha value is -1.04. The van der Waals surface area contributed by atoms with Crippen molar-refractivity contribution in [3.8, 4) is 0 Å². The number of halogens is 3. The Morgan fingerprint density at radius 1 is 1.25 bits per heavy atom. The minimum absolute atomic E-state index is 0.436. The van der Waals surface area contributed by atoms with Crippen LogP contribution in [-0.4, -0.2) is 16.5 Å². The van der Waals surface area contributed by atoms with Gasteiger partial charge in [0.25, 0.3) is 0 Å². The molecule has 1 aromatic heterocycles. The molecule has 0 amide bonds. The normalized spacial score (nSPS) is 10.4. The number of nitrogens with one attached hydrogen (secondary N) is 2. The second kappa shape index (κ2) is 7.11. The van der Waals surface area contributed by atoms with Crippen LogP contribution in [0.25, 0.3) is 0 Å². The highest BCUT2D eigenvalue weighted by atomic mass is 79.9. The highest BCUT2D eigenvalue weighted by Crippen LogP contribution is 2.30. The number of anilines is 3. The van der Waals surface area contributed by atoms with Gasteiger partial charge in [-0.05, 0) is 24.6 Å². The lowest BCUT2D eigenvalue weighted by Crippen LogP contribution is -2.06. The molecule has 0 aliphatic rings. The first-order chi connectivity index (χ1) is 9.60. The van der Waals surface area contributed by atoms with Crippen molar-refractivity contribution in [2.24, 2.45) is 0 Å². The summed E-state index contributed by atoms with van der Waals surface area (Å²) in [5.41, 5.74) is 0.733. The lowest BCUT2D eigenvalue weighted by molar-refractivity contribution is 0.953. The molecule has 2 N–H and O–H groups in total.